The average Bonchev–Trinajstić information content (AvgIpc) is 2.33. The zero-order chi connectivity index (χ0) is 8.72. The Bertz CT molecular complexity index is 245. The molecule has 2 rings (SSSR count). The van der Waals surface area contributed by atoms with Gasteiger partial charge in [-0.1, -0.05) is 12.2 Å². The Morgan fingerprint density at radius 2 is 1.58 bits per heavy atom. The normalized spacial score (nSPS) is 34.2. The minimum atomic E-state index is -0.450. The first-order valence-corrected chi connectivity index (χ1v) is 3.93. The topological polar surface area (TPSA) is 57.6 Å². The van der Waals surface area contributed by atoms with Crippen molar-refractivity contribution in [2.24, 2.45) is 11.8 Å². The van der Waals surface area contributed by atoms with E-state index in [1.54, 1.807) is 0 Å². The molecule has 64 valence electrons. The van der Waals surface area contributed by atoms with Crippen molar-refractivity contribution in [3.8, 4) is 0 Å². The summed E-state index contributed by atoms with van der Waals surface area (Å²) < 4.78 is 0. The van der Waals surface area contributed by atoms with Crippen LogP contribution < -0.4 is 0 Å². The highest BCUT2D eigenvalue weighted by Crippen LogP contribution is 2.33. The van der Waals surface area contributed by atoms with Crippen LogP contribution in [0, 0.1) is 11.8 Å². The SMILES string of the molecule is O=C1C2CC=CC[C@H]2C(=O)N1O. The number of rotatable bonds is 0. The molecule has 12 heavy (non-hydrogen) atoms. The van der Waals surface area contributed by atoms with E-state index in [4.69, 9.17) is 5.21 Å². The average molecular weight is 167 g/mol. The van der Waals surface area contributed by atoms with Crippen molar-refractivity contribution in [3.63, 3.8) is 0 Å². The number of fused-ring (bicyclic) bond motifs is 1. The molecule has 1 saturated heterocycles. The van der Waals surface area contributed by atoms with Gasteiger partial charge < -0.3 is 0 Å². The fourth-order valence-electron chi connectivity index (χ4n) is 1.78. The summed E-state index contributed by atoms with van der Waals surface area (Å²) >= 11 is 0. The van der Waals surface area contributed by atoms with E-state index in [1.165, 1.54) is 0 Å². The maximum Gasteiger partial charge on any atom is 0.257 e. The van der Waals surface area contributed by atoms with E-state index in [0.29, 0.717) is 12.8 Å². The summed E-state index contributed by atoms with van der Waals surface area (Å²) in [5.41, 5.74) is 0. The summed E-state index contributed by atoms with van der Waals surface area (Å²) in [7, 11) is 0. The van der Waals surface area contributed by atoms with Gasteiger partial charge in [-0.05, 0) is 12.8 Å². The van der Waals surface area contributed by atoms with Gasteiger partial charge in [-0.25, -0.2) is 0 Å². The van der Waals surface area contributed by atoms with Crippen LogP contribution in [0.3, 0.4) is 0 Å². The van der Waals surface area contributed by atoms with Gasteiger partial charge in [0.25, 0.3) is 11.8 Å². The van der Waals surface area contributed by atoms with Gasteiger partial charge in [-0.3, -0.25) is 14.8 Å². The Hall–Kier alpha value is -1.16. The van der Waals surface area contributed by atoms with Crippen LogP contribution in [-0.2, 0) is 9.59 Å². The van der Waals surface area contributed by atoms with E-state index in [1.807, 2.05) is 12.2 Å². The van der Waals surface area contributed by atoms with Crippen molar-refractivity contribution in [2.75, 3.05) is 0 Å². The van der Waals surface area contributed by atoms with Gasteiger partial charge in [0.05, 0.1) is 11.8 Å². The summed E-state index contributed by atoms with van der Waals surface area (Å²) in [6, 6.07) is 0. The molecule has 0 aromatic carbocycles. The molecule has 4 nitrogen and oxygen atoms in total. The zero-order valence-corrected chi connectivity index (χ0v) is 6.43. The first-order valence-electron chi connectivity index (χ1n) is 3.93. The molecule has 1 aliphatic heterocycles. The predicted octanol–water partition coefficient (Wildman–Crippen LogP) is 0.327. The second kappa shape index (κ2) is 2.42. The number of hydrogen-bond acceptors (Lipinski definition) is 3. The first-order chi connectivity index (χ1) is 5.72. The van der Waals surface area contributed by atoms with Crippen LogP contribution in [-0.4, -0.2) is 22.1 Å². The van der Waals surface area contributed by atoms with Gasteiger partial charge in [-0.15, -0.1) is 0 Å². The second-order valence-electron chi connectivity index (χ2n) is 3.14. The van der Waals surface area contributed by atoms with Gasteiger partial charge >= 0.3 is 0 Å². The Labute approximate surface area is 69.4 Å². The lowest BCUT2D eigenvalue weighted by Gasteiger charge is -2.14. The van der Waals surface area contributed by atoms with Gasteiger partial charge in [-0.2, -0.15) is 5.06 Å². The zero-order valence-electron chi connectivity index (χ0n) is 6.43. The van der Waals surface area contributed by atoms with Gasteiger partial charge in [0.1, 0.15) is 0 Å². The highest BCUT2D eigenvalue weighted by atomic mass is 16.5. The van der Waals surface area contributed by atoms with Crippen molar-refractivity contribution >= 4 is 11.8 Å². The predicted molar refractivity (Wildman–Crippen MR) is 39.0 cm³/mol. The minimum Gasteiger partial charge on any atom is -0.278 e. The summed E-state index contributed by atoms with van der Waals surface area (Å²) in [5.74, 6) is -1.52. The monoisotopic (exact) mass is 167 g/mol. The second-order valence-corrected chi connectivity index (χ2v) is 3.14. The molecule has 1 aliphatic carbocycles. The van der Waals surface area contributed by atoms with Gasteiger partial charge in [0.2, 0.25) is 0 Å². The van der Waals surface area contributed by atoms with E-state index in [9.17, 15) is 9.59 Å². The smallest absolute Gasteiger partial charge is 0.257 e. The molecule has 0 aromatic heterocycles. The summed E-state index contributed by atoms with van der Waals surface area (Å²) in [4.78, 5) is 22.3. The number of imide groups is 1. The van der Waals surface area contributed by atoms with Crippen LogP contribution >= 0.6 is 0 Å². The third kappa shape index (κ3) is 0.814. The fourth-order valence-corrected chi connectivity index (χ4v) is 1.78. The Balaban J connectivity index is 2.31. The maximum atomic E-state index is 11.2. The van der Waals surface area contributed by atoms with E-state index in [0.717, 1.165) is 0 Å². The highest BCUT2D eigenvalue weighted by molar-refractivity contribution is 6.04. The van der Waals surface area contributed by atoms with Crippen LogP contribution in [0.2, 0.25) is 0 Å². The molecular formula is C8H9NO3. The molecule has 0 radical (unpaired) electrons. The Morgan fingerprint density at radius 1 is 1.17 bits per heavy atom. The molecule has 0 bridgehead atoms. The minimum absolute atomic E-state index is 0.266. The van der Waals surface area contributed by atoms with Crippen molar-refractivity contribution in [2.45, 2.75) is 12.8 Å². The van der Waals surface area contributed by atoms with E-state index in [2.05, 4.69) is 0 Å². The van der Waals surface area contributed by atoms with Crippen molar-refractivity contribution in [1.82, 2.24) is 5.06 Å². The molecule has 1 unspecified atom stereocenters. The molecule has 2 amide bonds. The highest BCUT2D eigenvalue weighted by Gasteiger charge is 2.46. The van der Waals surface area contributed by atoms with Crippen LogP contribution in [0.1, 0.15) is 12.8 Å². The largest absolute Gasteiger partial charge is 0.278 e. The Morgan fingerprint density at radius 3 is 2.00 bits per heavy atom. The number of hydroxylamine groups is 2. The molecular weight excluding hydrogens is 158 g/mol. The molecule has 1 fully saturated rings. The van der Waals surface area contributed by atoms with Crippen LogP contribution in [0.5, 0.6) is 0 Å². The van der Waals surface area contributed by atoms with Crippen LogP contribution in [0.15, 0.2) is 12.2 Å². The van der Waals surface area contributed by atoms with Crippen molar-refractivity contribution in [3.05, 3.63) is 12.2 Å². The number of carbonyl (C=O) groups is 2. The third-order valence-electron chi connectivity index (χ3n) is 2.48. The molecule has 2 atom stereocenters. The quantitative estimate of drug-likeness (QED) is 0.321. The summed E-state index contributed by atoms with van der Waals surface area (Å²) in [5, 5.41) is 9.27. The van der Waals surface area contributed by atoms with Crippen molar-refractivity contribution < 1.29 is 14.8 Å². The molecule has 0 aromatic rings. The number of nitrogens with zero attached hydrogens (tertiary/aromatic N) is 1. The number of amides is 2. The first kappa shape index (κ1) is 7.49. The van der Waals surface area contributed by atoms with E-state index < -0.39 is 11.8 Å². The lowest BCUT2D eigenvalue weighted by atomic mass is 9.85. The van der Waals surface area contributed by atoms with Gasteiger partial charge in [0.15, 0.2) is 0 Å². The third-order valence-corrected chi connectivity index (χ3v) is 2.48. The lowest BCUT2D eigenvalue weighted by Crippen LogP contribution is -2.26. The lowest BCUT2D eigenvalue weighted by molar-refractivity contribution is -0.172. The molecule has 0 spiro atoms. The van der Waals surface area contributed by atoms with Gasteiger partial charge in [0, 0.05) is 0 Å². The molecule has 1 heterocycles. The Kier molecular flexibility index (Phi) is 1.51. The fraction of sp³-hybridized carbons (Fsp3) is 0.500. The number of allylic oxidation sites excluding steroid dienone is 2. The van der Waals surface area contributed by atoms with Crippen molar-refractivity contribution in [1.29, 1.82) is 0 Å². The molecule has 0 saturated carbocycles. The summed E-state index contributed by atoms with van der Waals surface area (Å²) in [6.45, 7) is 0. The molecule has 4 heteroatoms. The molecule has 1 N–H and O–H groups in total. The summed E-state index contributed by atoms with van der Waals surface area (Å²) in [6.07, 6.45) is 4.91. The van der Waals surface area contributed by atoms with Crippen LogP contribution in [0.25, 0.3) is 0 Å². The number of hydrogen-bond donors (Lipinski definition) is 1. The van der Waals surface area contributed by atoms with Crippen LogP contribution in [0.4, 0.5) is 0 Å². The standard InChI is InChI=1S/C8H9NO3/c10-7-5-3-1-2-4-6(5)8(11)9(7)12/h1-2,5-6,12H,3-4H2/t5-,6?/m1/s1. The maximum absolute atomic E-state index is 11.2. The molecule has 2 aliphatic rings. The van der Waals surface area contributed by atoms with E-state index >= 15 is 0 Å². The van der Waals surface area contributed by atoms with E-state index in [-0.39, 0.29) is 16.9 Å². The number of carbonyl (C=O) groups excluding carboxylic acids is 2.